The van der Waals surface area contributed by atoms with Crippen LogP contribution in [-0.4, -0.2) is 5.78 Å². The molecule has 1 fully saturated rings. The number of hydrogen-bond donors (Lipinski definition) is 0. The molecule has 5 rings (SSSR count). The lowest BCUT2D eigenvalue weighted by Gasteiger charge is -2.60. The predicted octanol–water partition coefficient (Wildman–Crippen LogP) is 6.70. The molecule has 0 radical (unpaired) electrons. The molecule has 0 saturated heterocycles. The summed E-state index contributed by atoms with van der Waals surface area (Å²) in [5.41, 5.74) is 5.71. The molecule has 3 aliphatic carbocycles. The Morgan fingerprint density at radius 3 is 2.57 bits per heavy atom. The molecule has 2 aromatic rings. The summed E-state index contributed by atoms with van der Waals surface area (Å²) in [5, 5.41) is 2.83. The molecule has 1 heteroatoms. The van der Waals surface area contributed by atoms with Crippen molar-refractivity contribution >= 4 is 16.6 Å². The Labute approximate surface area is 169 Å². The van der Waals surface area contributed by atoms with Gasteiger partial charge in [-0.2, -0.15) is 0 Å². The minimum atomic E-state index is 0.0934. The summed E-state index contributed by atoms with van der Waals surface area (Å²) in [6.45, 7) is 11.4. The quantitative estimate of drug-likeness (QED) is 0.502. The third kappa shape index (κ3) is 2.17. The lowest BCUT2D eigenvalue weighted by atomic mass is 9.44. The molecule has 0 spiro atoms. The molecule has 1 nitrogen and oxygen atoms in total. The van der Waals surface area contributed by atoms with E-state index in [2.05, 4.69) is 71.0 Å². The van der Waals surface area contributed by atoms with E-state index >= 15 is 0 Å². The van der Waals surface area contributed by atoms with E-state index in [1.54, 1.807) is 11.1 Å². The van der Waals surface area contributed by atoms with Gasteiger partial charge in [-0.1, -0.05) is 62.7 Å². The molecule has 0 N–H and O–H groups in total. The van der Waals surface area contributed by atoms with E-state index in [4.69, 9.17) is 0 Å². The van der Waals surface area contributed by atoms with Crippen LogP contribution in [0.5, 0.6) is 0 Å². The molecule has 0 aromatic heterocycles. The number of carbonyl (C=O) groups excluding carboxylic acids is 1. The number of aryl methyl sites for hydroxylation is 1. The van der Waals surface area contributed by atoms with Gasteiger partial charge >= 0.3 is 0 Å². The zero-order chi connectivity index (χ0) is 19.8. The van der Waals surface area contributed by atoms with Gasteiger partial charge in [-0.05, 0) is 89.7 Å². The second-order valence-corrected chi connectivity index (χ2v) is 10.0. The third-order valence-electron chi connectivity index (χ3n) is 9.24. The maximum absolute atomic E-state index is 13.0. The van der Waals surface area contributed by atoms with Crippen LogP contribution in [0.25, 0.3) is 10.8 Å². The first-order valence-electron chi connectivity index (χ1n) is 11.1. The standard InChI is InChI=1S/C27H32O/c1-15-14-24-22-11-10-19-8-6-7-9-20(19)21(22)12-13-23(24)25-16(2)17(3)26(28)18(4)27(15,25)5/h6-11,15,18,23-25H,12-14H2,1-5H3. The van der Waals surface area contributed by atoms with Crippen molar-refractivity contribution < 1.29 is 4.79 Å². The maximum atomic E-state index is 13.0. The van der Waals surface area contributed by atoms with Crippen LogP contribution < -0.4 is 0 Å². The van der Waals surface area contributed by atoms with Crippen molar-refractivity contribution in [1.29, 1.82) is 0 Å². The number of rotatable bonds is 0. The van der Waals surface area contributed by atoms with E-state index in [1.807, 2.05) is 0 Å². The molecule has 0 aliphatic heterocycles. The Morgan fingerprint density at radius 2 is 1.79 bits per heavy atom. The van der Waals surface area contributed by atoms with E-state index in [0.29, 0.717) is 29.5 Å². The minimum Gasteiger partial charge on any atom is -0.294 e. The summed E-state index contributed by atoms with van der Waals surface area (Å²) in [6, 6.07) is 13.6. The summed E-state index contributed by atoms with van der Waals surface area (Å²) in [7, 11) is 0. The van der Waals surface area contributed by atoms with Gasteiger partial charge in [0.15, 0.2) is 5.78 Å². The van der Waals surface area contributed by atoms with Gasteiger partial charge in [-0.25, -0.2) is 0 Å². The number of allylic oxidation sites excluding steroid dienone is 2. The normalized spacial score (nSPS) is 37.5. The van der Waals surface area contributed by atoms with Gasteiger partial charge in [0.05, 0.1) is 0 Å². The smallest absolute Gasteiger partial charge is 0.161 e. The Hall–Kier alpha value is -1.89. The van der Waals surface area contributed by atoms with E-state index in [9.17, 15) is 4.79 Å². The number of benzene rings is 2. The van der Waals surface area contributed by atoms with Gasteiger partial charge in [0, 0.05) is 5.92 Å². The highest BCUT2D eigenvalue weighted by molar-refractivity contribution is 5.99. The maximum Gasteiger partial charge on any atom is 0.161 e. The summed E-state index contributed by atoms with van der Waals surface area (Å²) in [4.78, 5) is 13.0. The molecule has 0 bridgehead atoms. The molecular weight excluding hydrogens is 340 g/mol. The van der Waals surface area contributed by atoms with Crippen LogP contribution in [0.4, 0.5) is 0 Å². The molecule has 3 aliphatic rings. The summed E-state index contributed by atoms with van der Waals surface area (Å²) >= 11 is 0. The van der Waals surface area contributed by atoms with Crippen LogP contribution in [0.3, 0.4) is 0 Å². The lowest BCUT2D eigenvalue weighted by Crippen LogP contribution is -2.55. The van der Waals surface area contributed by atoms with Crippen LogP contribution in [-0.2, 0) is 11.2 Å². The Kier molecular flexibility index (Phi) is 3.92. The predicted molar refractivity (Wildman–Crippen MR) is 116 cm³/mol. The van der Waals surface area contributed by atoms with Crippen molar-refractivity contribution in [3.8, 4) is 0 Å². The molecule has 28 heavy (non-hydrogen) atoms. The van der Waals surface area contributed by atoms with Gasteiger partial charge in [0.2, 0.25) is 0 Å². The first-order chi connectivity index (χ1) is 13.4. The van der Waals surface area contributed by atoms with Crippen molar-refractivity contribution in [2.45, 2.75) is 59.8 Å². The largest absolute Gasteiger partial charge is 0.294 e. The van der Waals surface area contributed by atoms with Crippen LogP contribution in [0.1, 0.15) is 64.5 Å². The van der Waals surface area contributed by atoms with Crippen LogP contribution in [0, 0.1) is 29.1 Å². The average Bonchev–Trinajstić information content (AvgIpc) is 2.71. The second kappa shape index (κ2) is 6.05. The van der Waals surface area contributed by atoms with Gasteiger partial charge in [0.1, 0.15) is 0 Å². The Balaban J connectivity index is 1.68. The summed E-state index contributed by atoms with van der Waals surface area (Å²) < 4.78 is 0. The van der Waals surface area contributed by atoms with E-state index in [-0.39, 0.29) is 11.3 Å². The highest BCUT2D eigenvalue weighted by atomic mass is 16.1. The fraction of sp³-hybridized carbons (Fsp3) is 0.519. The molecule has 146 valence electrons. The van der Waals surface area contributed by atoms with Crippen molar-refractivity contribution in [3.63, 3.8) is 0 Å². The van der Waals surface area contributed by atoms with Crippen molar-refractivity contribution in [2.75, 3.05) is 0 Å². The molecule has 6 unspecified atom stereocenters. The van der Waals surface area contributed by atoms with E-state index in [0.717, 1.165) is 5.57 Å². The van der Waals surface area contributed by atoms with Gasteiger partial charge in [-0.3, -0.25) is 4.79 Å². The van der Waals surface area contributed by atoms with Crippen molar-refractivity contribution in [1.82, 2.24) is 0 Å². The first kappa shape index (κ1) is 18.2. The summed E-state index contributed by atoms with van der Waals surface area (Å²) in [5.74, 6) is 2.91. The first-order valence-corrected chi connectivity index (χ1v) is 11.1. The van der Waals surface area contributed by atoms with E-state index < -0.39 is 0 Å². The van der Waals surface area contributed by atoms with Crippen LogP contribution in [0.2, 0.25) is 0 Å². The van der Waals surface area contributed by atoms with Crippen molar-refractivity contribution in [3.05, 3.63) is 58.7 Å². The molecule has 1 saturated carbocycles. The number of carbonyl (C=O) groups is 1. The third-order valence-corrected chi connectivity index (χ3v) is 9.24. The van der Waals surface area contributed by atoms with Gasteiger partial charge < -0.3 is 0 Å². The summed E-state index contributed by atoms with van der Waals surface area (Å²) in [6.07, 6.45) is 3.64. The lowest BCUT2D eigenvalue weighted by molar-refractivity contribution is -0.132. The topological polar surface area (TPSA) is 17.1 Å². The molecule has 0 heterocycles. The molecule has 2 aromatic carbocycles. The number of hydrogen-bond acceptors (Lipinski definition) is 1. The number of ketones is 1. The fourth-order valence-corrected chi connectivity index (χ4v) is 7.34. The highest BCUT2D eigenvalue weighted by Crippen LogP contribution is 2.64. The molecule has 0 amide bonds. The zero-order valence-electron chi connectivity index (χ0n) is 17.9. The average molecular weight is 373 g/mol. The van der Waals surface area contributed by atoms with Gasteiger partial charge in [0.25, 0.3) is 0 Å². The van der Waals surface area contributed by atoms with Gasteiger partial charge in [-0.15, -0.1) is 0 Å². The Bertz CT molecular complexity index is 1010. The molecular formula is C27H32O. The van der Waals surface area contributed by atoms with Crippen LogP contribution in [0.15, 0.2) is 47.5 Å². The fourth-order valence-electron chi connectivity index (χ4n) is 7.34. The zero-order valence-corrected chi connectivity index (χ0v) is 17.9. The SMILES string of the molecule is CC1=C(C)C2C3CCc4c(ccc5ccccc45)C3CC(C)C2(C)C(C)C1=O. The van der Waals surface area contributed by atoms with Crippen LogP contribution >= 0.6 is 0 Å². The van der Waals surface area contributed by atoms with E-state index in [1.165, 1.54) is 35.6 Å². The molecule has 6 atom stereocenters. The number of fused-ring (bicyclic) bond motifs is 7. The highest BCUT2D eigenvalue weighted by Gasteiger charge is 2.58. The second-order valence-electron chi connectivity index (χ2n) is 10.0. The number of Topliss-reactive ketones (excluding diaryl/α,β-unsaturated/α-hetero) is 1. The Morgan fingerprint density at radius 1 is 1.04 bits per heavy atom. The van der Waals surface area contributed by atoms with Crippen molar-refractivity contribution in [2.24, 2.45) is 29.1 Å². The minimum absolute atomic E-state index is 0.0934. The monoisotopic (exact) mass is 372 g/mol.